The van der Waals surface area contributed by atoms with Crippen LogP contribution in [0, 0.1) is 0 Å². The number of halogens is 1. The maximum Gasteiger partial charge on any atom is 0.160 e. The second-order valence-corrected chi connectivity index (χ2v) is 4.08. The van der Waals surface area contributed by atoms with Crippen LogP contribution < -0.4 is 0 Å². The lowest BCUT2D eigenvalue weighted by atomic mass is 10.1. The fourth-order valence-corrected chi connectivity index (χ4v) is 1.76. The zero-order valence-electron chi connectivity index (χ0n) is 8.04. The molecule has 0 atom stereocenters. The number of phenols is 2. The van der Waals surface area contributed by atoms with Crippen LogP contribution >= 0.6 is 15.9 Å². The van der Waals surface area contributed by atoms with Crippen LogP contribution in [0.25, 0.3) is 0 Å². The molecule has 2 nitrogen and oxygen atoms in total. The van der Waals surface area contributed by atoms with E-state index in [4.69, 9.17) is 0 Å². The van der Waals surface area contributed by atoms with Crippen LogP contribution in [0.2, 0.25) is 0 Å². The molecule has 0 aliphatic heterocycles. The van der Waals surface area contributed by atoms with E-state index in [9.17, 15) is 10.2 Å². The molecule has 1 rings (SSSR count). The van der Waals surface area contributed by atoms with Gasteiger partial charge in [0.15, 0.2) is 11.5 Å². The second-order valence-electron chi connectivity index (χ2n) is 3.28. The fourth-order valence-electron chi connectivity index (χ4n) is 1.37. The van der Waals surface area contributed by atoms with Gasteiger partial charge in [0.25, 0.3) is 0 Å². The maximum atomic E-state index is 9.49. The van der Waals surface area contributed by atoms with E-state index >= 15 is 0 Å². The minimum atomic E-state index is -0.0250. The van der Waals surface area contributed by atoms with Gasteiger partial charge in [0, 0.05) is 5.33 Å². The molecular formula is C11H15BrO2. The van der Waals surface area contributed by atoms with Crippen molar-refractivity contribution in [2.45, 2.75) is 25.7 Å². The van der Waals surface area contributed by atoms with Gasteiger partial charge in [-0.15, -0.1) is 0 Å². The Morgan fingerprint density at radius 2 is 1.86 bits per heavy atom. The smallest absolute Gasteiger partial charge is 0.160 e. The van der Waals surface area contributed by atoms with Crippen molar-refractivity contribution in [2.75, 3.05) is 5.33 Å². The monoisotopic (exact) mass is 258 g/mol. The number of unbranched alkanes of at least 4 members (excludes halogenated alkanes) is 2. The Kier molecular flexibility index (Phi) is 4.80. The molecule has 14 heavy (non-hydrogen) atoms. The van der Waals surface area contributed by atoms with Crippen LogP contribution in [0.3, 0.4) is 0 Å². The van der Waals surface area contributed by atoms with Crippen molar-refractivity contribution in [3.63, 3.8) is 0 Å². The standard InChI is InChI=1S/C11H15BrO2/c12-8-3-1-2-5-9-6-4-7-10(13)11(9)14/h4,6-7,13-14H,1-3,5,8H2. The Hall–Kier alpha value is -0.700. The summed E-state index contributed by atoms with van der Waals surface area (Å²) in [5, 5.41) is 19.8. The van der Waals surface area contributed by atoms with Crippen LogP contribution in [0.4, 0.5) is 0 Å². The quantitative estimate of drug-likeness (QED) is 0.484. The van der Waals surface area contributed by atoms with Gasteiger partial charge in [-0.1, -0.05) is 34.5 Å². The molecule has 1 aromatic rings. The lowest BCUT2D eigenvalue weighted by molar-refractivity contribution is 0.398. The van der Waals surface area contributed by atoms with Crippen LogP contribution in [-0.2, 0) is 6.42 Å². The fraction of sp³-hybridized carbons (Fsp3) is 0.455. The summed E-state index contributed by atoms with van der Waals surface area (Å²) in [6, 6.07) is 5.11. The highest BCUT2D eigenvalue weighted by Gasteiger charge is 2.04. The molecule has 2 N–H and O–H groups in total. The van der Waals surface area contributed by atoms with Gasteiger partial charge in [-0.25, -0.2) is 0 Å². The normalized spacial score (nSPS) is 10.4. The van der Waals surface area contributed by atoms with Crippen molar-refractivity contribution in [3.8, 4) is 11.5 Å². The summed E-state index contributed by atoms with van der Waals surface area (Å²) in [4.78, 5) is 0. The minimum Gasteiger partial charge on any atom is -0.504 e. The molecule has 0 radical (unpaired) electrons. The van der Waals surface area contributed by atoms with Crippen molar-refractivity contribution in [1.29, 1.82) is 0 Å². The van der Waals surface area contributed by atoms with E-state index in [0.717, 1.165) is 36.6 Å². The molecule has 0 spiro atoms. The molecule has 3 heteroatoms. The number of benzene rings is 1. The average molecular weight is 259 g/mol. The zero-order valence-corrected chi connectivity index (χ0v) is 9.63. The van der Waals surface area contributed by atoms with E-state index in [1.165, 1.54) is 6.07 Å². The van der Waals surface area contributed by atoms with E-state index in [0.29, 0.717) is 0 Å². The molecule has 0 aliphatic rings. The Bertz CT molecular complexity index is 287. The van der Waals surface area contributed by atoms with Crippen molar-refractivity contribution in [3.05, 3.63) is 23.8 Å². The molecule has 0 saturated carbocycles. The number of hydrogen-bond acceptors (Lipinski definition) is 2. The van der Waals surface area contributed by atoms with Crippen LogP contribution in [0.1, 0.15) is 24.8 Å². The molecule has 0 saturated heterocycles. The number of rotatable bonds is 5. The molecular weight excluding hydrogens is 244 g/mol. The highest BCUT2D eigenvalue weighted by molar-refractivity contribution is 9.09. The van der Waals surface area contributed by atoms with Crippen molar-refractivity contribution in [1.82, 2.24) is 0 Å². The molecule has 1 aromatic carbocycles. The van der Waals surface area contributed by atoms with Crippen molar-refractivity contribution >= 4 is 15.9 Å². The van der Waals surface area contributed by atoms with E-state index in [2.05, 4.69) is 15.9 Å². The third-order valence-electron chi connectivity index (χ3n) is 2.18. The molecule has 0 amide bonds. The summed E-state index contributed by atoms with van der Waals surface area (Å²) in [5.74, 6) is 0.00864. The molecule has 0 bridgehead atoms. The number of phenolic OH excluding ortho intramolecular Hbond substituents is 2. The third-order valence-corrected chi connectivity index (χ3v) is 2.74. The maximum absolute atomic E-state index is 9.49. The molecule has 0 aromatic heterocycles. The SMILES string of the molecule is Oc1cccc(CCCCCBr)c1O. The highest BCUT2D eigenvalue weighted by Crippen LogP contribution is 2.29. The summed E-state index contributed by atoms with van der Waals surface area (Å²) < 4.78 is 0. The van der Waals surface area contributed by atoms with Gasteiger partial charge in [-0.3, -0.25) is 0 Å². The number of aromatic hydroxyl groups is 2. The second kappa shape index (κ2) is 5.91. The van der Waals surface area contributed by atoms with Crippen molar-refractivity contribution in [2.24, 2.45) is 0 Å². The lowest BCUT2D eigenvalue weighted by Crippen LogP contribution is -1.87. The van der Waals surface area contributed by atoms with Gasteiger partial charge >= 0.3 is 0 Å². The Morgan fingerprint density at radius 3 is 2.57 bits per heavy atom. The Balaban J connectivity index is 2.46. The number of para-hydroxylation sites is 1. The van der Waals surface area contributed by atoms with Gasteiger partial charge in [0.05, 0.1) is 0 Å². The summed E-state index contributed by atoms with van der Waals surface area (Å²) in [7, 11) is 0. The molecule has 78 valence electrons. The topological polar surface area (TPSA) is 40.5 Å². The van der Waals surface area contributed by atoms with Crippen LogP contribution in [0.15, 0.2) is 18.2 Å². The van der Waals surface area contributed by atoms with E-state index in [1.54, 1.807) is 6.07 Å². The summed E-state index contributed by atoms with van der Waals surface area (Å²) >= 11 is 3.37. The highest BCUT2D eigenvalue weighted by atomic mass is 79.9. The largest absolute Gasteiger partial charge is 0.504 e. The molecule has 0 aliphatic carbocycles. The first-order valence-electron chi connectivity index (χ1n) is 4.81. The summed E-state index contributed by atoms with van der Waals surface area (Å²) in [5.41, 5.74) is 0.833. The Morgan fingerprint density at radius 1 is 1.07 bits per heavy atom. The summed E-state index contributed by atoms with van der Waals surface area (Å²) in [6.45, 7) is 0. The molecule has 0 fully saturated rings. The number of hydrogen-bond donors (Lipinski definition) is 2. The van der Waals surface area contributed by atoms with Gasteiger partial charge in [-0.05, 0) is 30.9 Å². The van der Waals surface area contributed by atoms with Crippen molar-refractivity contribution < 1.29 is 10.2 Å². The van der Waals surface area contributed by atoms with Crippen LogP contribution in [-0.4, -0.2) is 15.5 Å². The van der Waals surface area contributed by atoms with E-state index < -0.39 is 0 Å². The predicted molar refractivity (Wildman–Crippen MR) is 61.1 cm³/mol. The van der Waals surface area contributed by atoms with E-state index in [-0.39, 0.29) is 11.5 Å². The van der Waals surface area contributed by atoms with Gasteiger partial charge in [0.2, 0.25) is 0 Å². The number of alkyl halides is 1. The zero-order chi connectivity index (χ0) is 10.4. The van der Waals surface area contributed by atoms with Gasteiger partial charge < -0.3 is 10.2 Å². The third kappa shape index (κ3) is 3.22. The first-order chi connectivity index (χ1) is 6.75. The predicted octanol–water partition coefficient (Wildman–Crippen LogP) is 3.21. The lowest BCUT2D eigenvalue weighted by Gasteiger charge is -2.05. The van der Waals surface area contributed by atoms with Crippen LogP contribution in [0.5, 0.6) is 11.5 Å². The minimum absolute atomic E-state index is 0.0250. The van der Waals surface area contributed by atoms with Gasteiger partial charge in [0.1, 0.15) is 0 Å². The molecule has 0 heterocycles. The first kappa shape index (κ1) is 11.4. The Labute approximate surface area is 92.7 Å². The average Bonchev–Trinajstić information content (AvgIpc) is 2.19. The van der Waals surface area contributed by atoms with Gasteiger partial charge in [-0.2, -0.15) is 0 Å². The van der Waals surface area contributed by atoms with E-state index in [1.807, 2.05) is 6.07 Å². The number of aryl methyl sites for hydroxylation is 1. The molecule has 0 unspecified atom stereocenters. The summed E-state index contributed by atoms with van der Waals surface area (Å²) in [6.07, 6.45) is 4.16. The first-order valence-corrected chi connectivity index (χ1v) is 5.93.